The van der Waals surface area contributed by atoms with Crippen molar-refractivity contribution in [3.8, 4) is 0 Å². The first-order chi connectivity index (χ1) is 9.72. The first-order valence-corrected chi connectivity index (χ1v) is 7.92. The van der Waals surface area contributed by atoms with E-state index >= 15 is 0 Å². The summed E-state index contributed by atoms with van der Waals surface area (Å²) in [6.07, 6.45) is 6.34. The Hall–Kier alpha value is -1.27. The van der Waals surface area contributed by atoms with Gasteiger partial charge in [0.1, 0.15) is 0 Å². The summed E-state index contributed by atoms with van der Waals surface area (Å²) >= 11 is 6.53. The quantitative estimate of drug-likeness (QED) is 0.644. The molecule has 0 aliphatic heterocycles. The Kier molecular flexibility index (Phi) is 3.85. The van der Waals surface area contributed by atoms with E-state index in [-0.39, 0.29) is 5.41 Å². The maximum Gasteiger partial charge on any atom is 0.0447 e. The van der Waals surface area contributed by atoms with Crippen LogP contribution >= 0.6 is 11.6 Å². The molecule has 0 radical (unpaired) electrons. The lowest BCUT2D eigenvalue weighted by atomic mass is 9.65. The van der Waals surface area contributed by atoms with Crippen LogP contribution in [0.15, 0.2) is 48.5 Å². The van der Waals surface area contributed by atoms with Crippen LogP contribution in [-0.4, -0.2) is 0 Å². The van der Waals surface area contributed by atoms with Gasteiger partial charge in [0.15, 0.2) is 0 Å². The van der Waals surface area contributed by atoms with Crippen molar-refractivity contribution in [2.45, 2.75) is 44.4 Å². The molecule has 0 N–H and O–H groups in total. The van der Waals surface area contributed by atoms with Gasteiger partial charge in [0, 0.05) is 10.4 Å². The molecule has 1 heteroatoms. The molecule has 2 aromatic rings. The highest BCUT2D eigenvalue weighted by molar-refractivity contribution is 6.31. The van der Waals surface area contributed by atoms with Gasteiger partial charge < -0.3 is 0 Å². The maximum atomic E-state index is 6.53. The number of benzene rings is 2. The van der Waals surface area contributed by atoms with Crippen LogP contribution in [0.2, 0.25) is 5.02 Å². The summed E-state index contributed by atoms with van der Waals surface area (Å²) in [4.78, 5) is 0. The molecule has 0 amide bonds. The molecule has 1 aliphatic rings. The van der Waals surface area contributed by atoms with Gasteiger partial charge in [-0.2, -0.15) is 0 Å². The molecule has 1 fully saturated rings. The van der Waals surface area contributed by atoms with Crippen LogP contribution in [0.4, 0.5) is 0 Å². The molecule has 2 aromatic carbocycles. The second-order valence-corrected chi connectivity index (χ2v) is 6.40. The Morgan fingerprint density at radius 2 is 1.50 bits per heavy atom. The van der Waals surface area contributed by atoms with Crippen LogP contribution in [-0.2, 0) is 5.41 Å². The lowest BCUT2D eigenvalue weighted by molar-refractivity contribution is 0.346. The SMILES string of the molecule is Cc1ccc(C2(c3ccccc3Cl)CCCCC2)cc1. The summed E-state index contributed by atoms with van der Waals surface area (Å²) in [6, 6.07) is 17.4. The predicted octanol–water partition coefficient (Wildman–Crippen LogP) is 5.90. The average molecular weight is 285 g/mol. The highest BCUT2D eigenvalue weighted by Crippen LogP contribution is 2.47. The van der Waals surface area contributed by atoms with Gasteiger partial charge in [-0.05, 0) is 37.0 Å². The summed E-state index contributed by atoms with van der Waals surface area (Å²) in [5.74, 6) is 0. The Morgan fingerprint density at radius 1 is 0.850 bits per heavy atom. The largest absolute Gasteiger partial charge is 0.0840 e. The van der Waals surface area contributed by atoms with Gasteiger partial charge in [0.25, 0.3) is 0 Å². The van der Waals surface area contributed by atoms with Crippen molar-refractivity contribution < 1.29 is 0 Å². The van der Waals surface area contributed by atoms with E-state index in [9.17, 15) is 0 Å². The van der Waals surface area contributed by atoms with Crippen LogP contribution in [0.1, 0.15) is 48.8 Å². The van der Waals surface area contributed by atoms with E-state index in [0.717, 1.165) is 5.02 Å². The second-order valence-electron chi connectivity index (χ2n) is 5.99. The number of hydrogen-bond donors (Lipinski definition) is 0. The molecule has 20 heavy (non-hydrogen) atoms. The zero-order valence-corrected chi connectivity index (χ0v) is 12.8. The third kappa shape index (κ3) is 2.38. The number of halogens is 1. The number of aryl methyl sites for hydroxylation is 1. The first-order valence-electron chi connectivity index (χ1n) is 7.54. The Bertz CT molecular complexity index is 577. The van der Waals surface area contributed by atoms with Crippen LogP contribution < -0.4 is 0 Å². The summed E-state index contributed by atoms with van der Waals surface area (Å²) in [7, 11) is 0. The second kappa shape index (κ2) is 5.61. The van der Waals surface area contributed by atoms with Gasteiger partial charge in [0.2, 0.25) is 0 Å². The summed E-state index contributed by atoms with van der Waals surface area (Å²) in [5.41, 5.74) is 4.17. The molecular formula is C19H21Cl. The van der Waals surface area contributed by atoms with Crippen molar-refractivity contribution in [2.75, 3.05) is 0 Å². The molecular weight excluding hydrogens is 264 g/mol. The van der Waals surface area contributed by atoms with E-state index in [1.165, 1.54) is 48.8 Å². The van der Waals surface area contributed by atoms with Crippen molar-refractivity contribution in [3.63, 3.8) is 0 Å². The van der Waals surface area contributed by atoms with Gasteiger partial charge in [-0.1, -0.05) is 78.9 Å². The summed E-state index contributed by atoms with van der Waals surface area (Å²) in [5, 5.41) is 0.912. The average Bonchev–Trinajstić information content (AvgIpc) is 2.49. The third-order valence-electron chi connectivity index (χ3n) is 4.70. The minimum Gasteiger partial charge on any atom is -0.0840 e. The van der Waals surface area contributed by atoms with E-state index in [1.807, 2.05) is 12.1 Å². The zero-order chi connectivity index (χ0) is 14.0. The topological polar surface area (TPSA) is 0 Å². The van der Waals surface area contributed by atoms with Gasteiger partial charge in [-0.3, -0.25) is 0 Å². The summed E-state index contributed by atoms with van der Waals surface area (Å²) in [6.45, 7) is 2.15. The lowest BCUT2D eigenvalue weighted by Crippen LogP contribution is -2.30. The Balaban J connectivity index is 2.14. The number of rotatable bonds is 2. The summed E-state index contributed by atoms with van der Waals surface area (Å²) < 4.78 is 0. The van der Waals surface area contributed by atoms with Crippen LogP contribution in [0.5, 0.6) is 0 Å². The maximum absolute atomic E-state index is 6.53. The van der Waals surface area contributed by atoms with Crippen LogP contribution in [0, 0.1) is 6.92 Å². The number of hydrogen-bond acceptors (Lipinski definition) is 0. The molecule has 0 saturated heterocycles. The van der Waals surface area contributed by atoms with Gasteiger partial charge in [0.05, 0.1) is 0 Å². The molecule has 1 aliphatic carbocycles. The monoisotopic (exact) mass is 284 g/mol. The van der Waals surface area contributed by atoms with E-state index in [1.54, 1.807) is 0 Å². The third-order valence-corrected chi connectivity index (χ3v) is 5.03. The fourth-order valence-electron chi connectivity index (χ4n) is 3.59. The molecule has 0 bridgehead atoms. The lowest BCUT2D eigenvalue weighted by Gasteiger charge is -2.39. The van der Waals surface area contributed by atoms with E-state index in [0.29, 0.717) is 0 Å². The fraction of sp³-hybridized carbons (Fsp3) is 0.368. The van der Waals surface area contributed by atoms with Crippen LogP contribution in [0.25, 0.3) is 0 Å². The molecule has 0 spiro atoms. The van der Waals surface area contributed by atoms with Crippen LogP contribution in [0.3, 0.4) is 0 Å². The molecule has 1 saturated carbocycles. The molecule has 0 unspecified atom stereocenters. The molecule has 104 valence electrons. The molecule has 3 rings (SSSR count). The minimum atomic E-state index is 0.115. The Morgan fingerprint density at radius 3 is 2.15 bits per heavy atom. The van der Waals surface area contributed by atoms with E-state index in [2.05, 4.69) is 43.3 Å². The Labute approximate surface area is 126 Å². The standard InChI is InChI=1S/C19H21Cl/c1-15-9-11-16(12-10-15)19(13-5-2-6-14-19)17-7-3-4-8-18(17)20/h3-4,7-12H,2,5-6,13-14H2,1H3. The predicted molar refractivity (Wildman–Crippen MR) is 86.5 cm³/mol. The van der Waals surface area contributed by atoms with Gasteiger partial charge >= 0.3 is 0 Å². The molecule has 0 heterocycles. The normalized spacial score (nSPS) is 17.9. The zero-order valence-electron chi connectivity index (χ0n) is 12.0. The fourth-order valence-corrected chi connectivity index (χ4v) is 3.91. The van der Waals surface area contributed by atoms with Gasteiger partial charge in [-0.25, -0.2) is 0 Å². The van der Waals surface area contributed by atoms with Crippen molar-refractivity contribution in [1.82, 2.24) is 0 Å². The van der Waals surface area contributed by atoms with Crippen molar-refractivity contribution in [3.05, 3.63) is 70.2 Å². The highest BCUT2D eigenvalue weighted by Gasteiger charge is 2.36. The highest BCUT2D eigenvalue weighted by atomic mass is 35.5. The molecule has 0 aromatic heterocycles. The van der Waals surface area contributed by atoms with E-state index < -0.39 is 0 Å². The molecule has 0 nitrogen and oxygen atoms in total. The van der Waals surface area contributed by atoms with Crippen molar-refractivity contribution in [1.29, 1.82) is 0 Å². The smallest absolute Gasteiger partial charge is 0.0447 e. The van der Waals surface area contributed by atoms with Gasteiger partial charge in [-0.15, -0.1) is 0 Å². The van der Waals surface area contributed by atoms with Crippen molar-refractivity contribution in [2.24, 2.45) is 0 Å². The molecule has 0 atom stereocenters. The minimum absolute atomic E-state index is 0.115. The van der Waals surface area contributed by atoms with E-state index in [4.69, 9.17) is 11.6 Å². The first kappa shape index (κ1) is 13.7. The van der Waals surface area contributed by atoms with Crippen molar-refractivity contribution >= 4 is 11.6 Å².